The van der Waals surface area contributed by atoms with E-state index in [-0.39, 0.29) is 0 Å². The molecule has 0 spiro atoms. The number of H-pyrrole nitrogens is 1. The van der Waals surface area contributed by atoms with E-state index in [9.17, 15) is 4.79 Å². The van der Waals surface area contributed by atoms with E-state index in [1.807, 2.05) is 6.07 Å². The first-order valence-corrected chi connectivity index (χ1v) is 6.24. The van der Waals surface area contributed by atoms with E-state index in [1.165, 1.54) is 17.5 Å². The number of amides is 1. The number of carbonyl (C=O) groups excluding carboxylic acids is 1. The highest BCUT2D eigenvalue weighted by Gasteiger charge is 2.15. The van der Waals surface area contributed by atoms with E-state index >= 15 is 0 Å². The largest absolute Gasteiger partial charge is 0.365 e. The summed E-state index contributed by atoms with van der Waals surface area (Å²) in [6, 6.07) is 3.61. The number of nitrogens with two attached hydrogens (primary N) is 1. The number of primary amides is 1. The van der Waals surface area contributed by atoms with E-state index < -0.39 is 5.91 Å². The summed E-state index contributed by atoms with van der Waals surface area (Å²) in [5.74, 6) is -0.491. The van der Waals surface area contributed by atoms with Crippen LogP contribution in [0.25, 0.3) is 21.5 Å². The number of aromatic nitrogens is 3. The van der Waals surface area contributed by atoms with Crippen LogP contribution in [0.15, 0.2) is 24.5 Å². The molecule has 3 aromatic rings. The maximum absolute atomic E-state index is 11.1. The van der Waals surface area contributed by atoms with Crippen LogP contribution in [-0.4, -0.2) is 21.1 Å². The molecule has 0 saturated heterocycles. The number of hydrogen-bond donors (Lipinski definition) is 2. The van der Waals surface area contributed by atoms with Crippen LogP contribution in [0, 0.1) is 0 Å². The summed E-state index contributed by atoms with van der Waals surface area (Å²) < 4.78 is 0. The van der Waals surface area contributed by atoms with Crippen LogP contribution in [0.2, 0.25) is 5.02 Å². The highest BCUT2D eigenvalue weighted by Crippen LogP contribution is 2.36. The lowest BCUT2D eigenvalue weighted by atomic mass is 10.1. The van der Waals surface area contributed by atoms with Crippen molar-refractivity contribution in [2.24, 2.45) is 5.73 Å². The summed E-state index contributed by atoms with van der Waals surface area (Å²) in [7, 11) is 0. The number of hydrogen-bond acceptors (Lipinski definition) is 4. The zero-order chi connectivity index (χ0) is 12.7. The zero-order valence-corrected chi connectivity index (χ0v) is 10.5. The Balaban J connectivity index is 2.26. The number of thiazole rings is 1. The van der Waals surface area contributed by atoms with Crippen molar-refractivity contribution in [3.05, 3.63) is 34.4 Å². The summed E-state index contributed by atoms with van der Waals surface area (Å²) in [5, 5.41) is 8.92. The van der Waals surface area contributed by atoms with Gasteiger partial charge in [-0.05, 0) is 12.1 Å². The predicted octanol–water partition coefficient (Wildman–Crippen LogP) is 2.44. The molecule has 3 rings (SSSR count). The Bertz CT molecular complexity index is 748. The number of carbonyl (C=O) groups is 1. The first-order chi connectivity index (χ1) is 8.66. The third kappa shape index (κ3) is 1.66. The maximum atomic E-state index is 11.1. The normalized spacial score (nSPS) is 10.9. The Morgan fingerprint density at radius 1 is 1.39 bits per heavy atom. The van der Waals surface area contributed by atoms with Crippen molar-refractivity contribution in [3.63, 3.8) is 0 Å². The molecular weight excluding hydrogens is 272 g/mol. The summed E-state index contributed by atoms with van der Waals surface area (Å²) in [5.41, 5.74) is 6.85. The Morgan fingerprint density at radius 3 is 2.94 bits per heavy atom. The zero-order valence-electron chi connectivity index (χ0n) is 8.98. The molecule has 0 bridgehead atoms. The molecule has 18 heavy (non-hydrogen) atoms. The van der Waals surface area contributed by atoms with E-state index in [0.29, 0.717) is 14.9 Å². The fraction of sp³-hybridized carbons (Fsp3) is 0. The molecule has 0 saturated carbocycles. The van der Waals surface area contributed by atoms with Crippen LogP contribution in [0.3, 0.4) is 0 Å². The van der Waals surface area contributed by atoms with Gasteiger partial charge in [-0.25, -0.2) is 4.98 Å². The second-order valence-corrected chi connectivity index (χ2v) is 5.09. The molecule has 2 heterocycles. The van der Waals surface area contributed by atoms with Crippen molar-refractivity contribution in [2.75, 3.05) is 0 Å². The SMILES string of the molecule is NC(=O)c1cnc(-c2c(Cl)ccc3[nH]ncc23)s1. The van der Waals surface area contributed by atoms with Gasteiger partial charge < -0.3 is 5.73 Å². The van der Waals surface area contributed by atoms with Gasteiger partial charge in [0.1, 0.15) is 9.88 Å². The third-order valence-electron chi connectivity index (χ3n) is 2.54. The monoisotopic (exact) mass is 278 g/mol. The van der Waals surface area contributed by atoms with Gasteiger partial charge in [-0.2, -0.15) is 5.10 Å². The Hall–Kier alpha value is -1.92. The van der Waals surface area contributed by atoms with Gasteiger partial charge in [-0.15, -0.1) is 11.3 Å². The summed E-state index contributed by atoms with van der Waals surface area (Å²) >= 11 is 7.41. The van der Waals surface area contributed by atoms with Crippen LogP contribution in [0.4, 0.5) is 0 Å². The molecule has 0 fully saturated rings. The molecule has 0 radical (unpaired) electrons. The molecule has 0 unspecified atom stereocenters. The Kier molecular flexibility index (Phi) is 2.53. The summed E-state index contributed by atoms with van der Waals surface area (Å²) in [6.45, 7) is 0. The first-order valence-electron chi connectivity index (χ1n) is 5.04. The number of nitrogens with one attached hydrogen (secondary N) is 1. The van der Waals surface area contributed by atoms with Crippen molar-refractivity contribution < 1.29 is 4.79 Å². The van der Waals surface area contributed by atoms with Crippen LogP contribution in [-0.2, 0) is 0 Å². The minimum absolute atomic E-state index is 0.404. The lowest BCUT2D eigenvalue weighted by molar-refractivity contribution is 0.100. The molecule has 3 N–H and O–H groups in total. The quantitative estimate of drug-likeness (QED) is 0.755. The molecule has 1 amide bonds. The molecule has 0 atom stereocenters. The van der Waals surface area contributed by atoms with Crippen LogP contribution in [0.1, 0.15) is 9.67 Å². The standard InChI is InChI=1S/C11H7ClN4OS/c12-6-1-2-7-5(3-15-16-7)9(6)11-14-4-8(18-11)10(13)17/h1-4H,(H2,13,17)(H,15,16). The highest BCUT2D eigenvalue weighted by atomic mass is 35.5. The maximum Gasteiger partial charge on any atom is 0.260 e. The van der Waals surface area contributed by atoms with Crippen LogP contribution >= 0.6 is 22.9 Å². The highest BCUT2D eigenvalue weighted by molar-refractivity contribution is 7.17. The average molecular weight is 279 g/mol. The van der Waals surface area contributed by atoms with Gasteiger partial charge in [0.15, 0.2) is 0 Å². The van der Waals surface area contributed by atoms with Crippen LogP contribution in [0.5, 0.6) is 0 Å². The summed E-state index contributed by atoms with van der Waals surface area (Å²) in [6.07, 6.45) is 3.14. The van der Waals surface area contributed by atoms with E-state index in [2.05, 4.69) is 15.2 Å². The van der Waals surface area contributed by atoms with Gasteiger partial charge in [0, 0.05) is 10.9 Å². The van der Waals surface area contributed by atoms with Gasteiger partial charge in [0.25, 0.3) is 5.91 Å². The number of benzene rings is 1. The lowest BCUT2D eigenvalue weighted by Gasteiger charge is -2.01. The Morgan fingerprint density at radius 2 is 2.22 bits per heavy atom. The average Bonchev–Trinajstić information content (AvgIpc) is 2.95. The minimum atomic E-state index is -0.491. The van der Waals surface area contributed by atoms with Gasteiger partial charge in [-0.3, -0.25) is 9.89 Å². The van der Waals surface area contributed by atoms with Gasteiger partial charge in [-0.1, -0.05) is 11.6 Å². The lowest BCUT2D eigenvalue weighted by Crippen LogP contribution is -2.08. The van der Waals surface area contributed by atoms with Crippen LogP contribution < -0.4 is 5.73 Å². The molecule has 1 aromatic carbocycles. The topological polar surface area (TPSA) is 84.7 Å². The van der Waals surface area contributed by atoms with Crippen molar-refractivity contribution in [2.45, 2.75) is 0 Å². The van der Waals surface area contributed by atoms with Crippen molar-refractivity contribution >= 4 is 39.7 Å². The number of nitrogens with zero attached hydrogens (tertiary/aromatic N) is 2. The van der Waals surface area contributed by atoms with E-state index in [4.69, 9.17) is 17.3 Å². The number of rotatable bonds is 2. The predicted molar refractivity (Wildman–Crippen MR) is 70.7 cm³/mol. The van der Waals surface area contributed by atoms with Crippen molar-refractivity contribution in [1.29, 1.82) is 0 Å². The first kappa shape index (κ1) is 11.2. The molecule has 2 aromatic heterocycles. The molecule has 0 aliphatic rings. The fourth-order valence-corrected chi connectivity index (χ4v) is 2.86. The number of aromatic amines is 1. The second-order valence-electron chi connectivity index (χ2n) is 3.65. The van der Waals surface area contributed by atoms with Gasteiger partial charge >= 0.3 is 0 Å². The fourth-order valence-electron chi connectivity index (χ4n) is 1.71. The third-order valence-corrected chi connectivity index (χ3v) is 3.88. The smallest absolute Gasteiger partial charge is 0.260 e. The molecule has 5 nitrogen and oxygen atoms in total. The molecule has 90 valence electrons. The number of fused-ring (bicyclic) bond motifs is 1. The summed E-state index contributed by atoms with van der Waals surface area (Å²) in [4.78, 5) is 15.7. The molecule has 0 aliphatic heterocycles. The van der Waals surface area contributed by atoms with Crippen molar-refractivity contribution in [3.8, 4) is 10.6 Å². The van der Waals surface area contributed by atoms with Crippen molar-refractivity contribution in [1.82, 2.24) is 15.2 Å². The second kappa shape index (κ2) is 4.08. The van der Waals surface area contributed by atoms with E-state index in [1.54, 1.807) is 12.3 Å². The molecule has 7 heteroatoms. The van der Waals surface area contributed by atoms with Gasteiger partial charge in [0.05, 0.1) is 22.9 Å². The molecule has 0 aliphatic carbocycles. The minimum Gasteiger partial charge on any atom is -0.365 e. The molecular formula is C11H7ClN4OS. The van der Waals surface area contributed by atoms with E-state index in [0.717, 1.165) is 16.5 Å². The van der Waals surface area contributed by atoms with Gasteiger partial charge in [0.2, 0.25) is 0 Å². The Labute approximate surface area is 111 Å². The number of halogens is 1.